The second-order valence-electron chi connectivity index (χ2n) is 6.42. The number of hydrogen-bond acceptors (Lipinski definition) is 4. The molecule has 1 aromatic rings. The van der Waals surface area contributed by atoms with Gasteiger partial charge in [0.15, 0.2) is 0 Å². The van der Waals surface area contributed by atoms with Crippen LogP contribution < -0.4 is 11.1 Å². The van der Waals surface area contributed by atoms with Crippen molar-refractivity contribution in [1.29, 1.82) is 0 Å². The van der Waals surface area contributed by atoms with Crippen LogP contribution in [0.2, 0.25) is 0 Å². The first-order chi connectivity index (χ1) is 9.87. The maximum Gasteiger partial charge on any atom is 0.411 e. The van der Waals surface area contributed by atoms with Crippen molar-refractivity contribution in [2.45, 2.75) is 51.8 Å². The number of benzene rings is 1. The highest BCUT2D eigenvalue weighted by molar-refractivity contribution is 5.71. The van der Waals surface area contributed by atoms with E-state index < -0.39 is 5.60 Å². The molecule has 1 atom stereocenters. The standard InChI is InChI=1S/C16H25N3O2/c1-16(2,3)21-15(20)19-11-7-6-10-14(19)18-13-9-5-4-8-12(13)17/h4-5,8-9,14,18H,6-7,10-11,17H2,1-3H3. The van der Waals surface area contributed by atoms with Gasteiger partial charge in [0.05, 0.1) is 11.4 Å². The van der Waals surface area contributed by atoms with E-state index in [4.69, 9.17) is 10.5 Å². The molecule has 1 amide bonds. The van der Waals surface area contributed by atoms with Gasteiger partial charge in [0.1, 0.15) is 11.8 Å². The number of anilines is 2. The third kappa shape index (κ3) is 4.28. The Hall–Kier alpha value is -1.91. The van der Waals surface area contributed by atoms with Gasteiger partial charge in [0, 0.05) is 6.54 Å². The van der Waals surface area contributed by atoms with Crippen LogP contribution in [-0.2, 0) is 4.74 Å². The number of para-hydroxylation sites is 2. The number of ether oxygens (including phenoxy) is 1. The fourth-order valence-corrected chi connectivity index (χ4v) is 2.43. The highest BCUT2D eigenvalue weighted by Crippen LogP contribution is 2.25. The summed E-state index contributed by atoms with van der Waals surface area (Å²) in [5, 5.41) is 3.37. The van der Waals surface area contributed by atoms with Gasteiger partial charge in [-0.2, -0.15) is 0 Å². The van der Waals surface area contributed by atoms with E-state index in [0.717, 1.165) is 24.9 Å². The van der Waals surface area contributed by atoms with Crippen molar-refractivity contribution in [3.63, 3.8) is 0 Å². The quantitative estimate of drug-likeness (QED) is 0.819. The van der Waals surface area contributed by atoms with Crippen LogP contribution in [0.5, 0.6) is 0 Å². The minimum atomic E-state index is -0.481. The summed E-state index contributed by atoms with van der Waals surface area (Å²) in [6.45, 7) is 6.35. The van der Waals surface area contributed by atoms with Gasteiger partial charge in [0.2, 0.25) is 0 Å². The molecule has 5 heteroatoms. The SMILES string of the molecule is CC(C)(C)OC(=O)N1CCCCC1Nc1ccccc1N. The molecule has 21 heavy (non-hydrogen) atoms. The van der Waals surface area contributed by atoms with Gasteiger partial charge in [-0.25, -0.2) is 4.79 Å². The van der Waals surface area contributed by atoms with Crippen LogP contribution in [0.1, 0.15) is 40.0 Å². The van der Waals surface area contributed by atoms with E-state index in [1.165, 1.54) is 0 Å². The summed E-state index contributed by atoms with van der Waals surface area (Å²) in [4.78, 5) is 14.1. The highest BCUT2D eigenvalue weighted by Gasteiger charge is 2.30. The highest BCUT2D eigenvalue weighted by atomic mass is 16.6. The Morgan fingerprint density at radius 3 is 2.71 bits per heavy atom. The molecule has 3 N–H and O–H groups in total. The van der Waals surface area contributed by atoms with E-state index in [1.54, 1.807) is 4.90 Å². The number of nitrogens with one attached hydrogen (secondary N) is 1. The number of nitrogens with two attached hydrogens (primary N) is 1. The second kappa shape index (κ2) is 6.24. The number of amides is 1. The van der Waals surface area contributed by atoms with Gasteiger partial charge in [-0.05, 0) is 52.2 Å². The number of carbonyl (C=O) groups is 1. The molecule has 0 aromatic heterocycles. The van der Waals surface area contributed by atoms with E-state index in [-0.39, 0.29) is 12.3 Å². The summed E-state index contributed by atoms with van der Waals surface area (Å²) >= 11 is 0. The lowest BCUT2D eigenvalue weighted by atomic mass is 10.1. The van der Waals surface area contributed by atoms with Crippen molar-refractivity contribution in [2.24, 2.45) is 0 Å². The van der Waals surface area contributed by atoms with Gasteiger partial charge in [-0.15, -0.1) is 0 Å². The number of rotatable bonds is 2. The number of likely N-dealkylation sites (tertiary alicyclic amines) is 1. The number of nitrogen functional groups attached to an aromatic ring is 1. The summed E-state index contributed by atoms with van der Waals surface area (Å²) in [6.07, 6.45) is 2.64. The van der Waals surface area contributed by atoms with Gasteiger partial charge < -0.3 is 15.8 Å². The van der Waals surface area contributed by atoms with Crippen molar-refractivity contribution in [1.82, 2.24) is 4.90 Å². The molecule has 2 rings (SSSR count). The van der Waals surface area contributed by atoms with E-state index in [0.29, 0.717) is 12.2 Å². The van der Waals surface area contributed by atoms with Crippen LogP contribution in [0.15, 0.2) is 24.3 Å². The summed E-state index contributed by atoms with van der Waals surface area (Å²) in [7, 11) is 0. The molecule has 0 radical (unpaired) electrons. The number of nitrogens with zero attached hydrogens (tertiary/aromatic N) is 1. The Labute approximate surface area is 126 Å². The van der Waals surface area contributed by atoms with Crippen LogP contribution in [0.25, 0.3) is 0 Å². The molecule has 116 valence electrons. The maximum absolute atomic E-state index is 12.3. The first-order valence-corrected chi connectivity index (χ1v) is 7.47. The van der Waals surface area contributed by atoms with Crippen molar-refractivity contribution in [3.8, 4) is 0 Å². The molecule has 1 aliphatic rings. The summed E-state index contributed by atoms with van der Waals surface area (Å²) < 4.78 is 5.49. The fourth-order valence-electron chi connectivity index (χ4n) is 2.43. The molecule has 0 saturated carbocycles. The average molecular weight is 291 g/mol. The van der Waals surface area contributed by atoms with Crippen LogP contribution in [0.3, 0.4) is 0 Å². The maximum atomic E-state index is 12.3. The molecule has 0 aliphatic carbocycles. The molecule has 1 heterocycles. The second-order valence-corrected chi connectivity index (χ2v) is 6.42. The Balaban J connectivity index is 2.09. The molecule has 5 nitrogen and oxygen atoms in total. The summed E-state index contributed by atoms with van der Waals surface area (Å²) in [6, 6.07) is 7.60. The zero-order valence-corrected chi connectivity index (χ0v) is 13.1. The van der Waals surface area contributed by atoms with Gasteiger partial charge in [-0.1, -0.05) is 12.1 Å². The van der Waals surface area contributed by atoms with Crippen LogP contribution in [0.4, 0.5) is 16.2 Å². The predicted molar refractivity (Wildman–Crippen MR) is 85.1 cm³/mol. The van der Waals surface area contributed by atoms with Crippen molar-refractivity contribution in [2.75, 3.05) is 17.6 Å². The minimum absolute atomic E-state index is 0.0710. The number of carbonyl (C=O) groups excluding carboxylic acids is 1. The predicted octanol–water partition coefficient (Wildman–Crippen LogP) is 3.43. The molecular formula is C16H25N3O2. The summed E-state index contributed by atoms with van der Waals surface area (Å²) in [5.41, 5.74) is 7.03. The Kier molecular flexibility index (Phi) is 4.60. The zero-order chi connectivity index (χ0) is 15.5. The van der Waals surface area contributed by atoms with Gasteiger partial charge in [-0.3, -0.25) is 4.90 Å². The van der Waals surface area contributed by atoms with E-state index in [1.807, 2.05) is 45.0 Å². The van der Waals surface area contributed by atoms with Gasteiger partial charge >= 0.3 is 6.09 Å². The minimum Gasteiger partial charge on any atom is -0.444 e. The topological polar surface area (TPSA) is 67.6 Å². The van der Waals surface area contributed by atoms with Crippen molar-refractivity contribution >= 4 is 17.5 Å². The smallest absolute Gasteiger partial charge is 0.411 e. The first kappa shape index (κ1) is 15.5. The Morgan fingerprint density at radius 1 is 1.33 bits per heavy atom. The summed E-state index contributed by atoms with van der Waals surface area (Å²) in [5.74, 6) is 0. The largest absolute Gasteiger partial charge is 0.444 e. The van der Waals surface area contributed by atoms with Gasteiger partial charge in [0.25, 0.3) is 0 Å². The average Bonchev–Trinajstić information content (AvgIpc) is 2.40. The monoisotopic (exact) mass is 291 g/mol. The first-order valence-electron chi connectivity index (χ1n) is 7.47. The van der Waals surface area contributed by atoms with E-state index in [2.05, 4.69) is 5.32 Å². The number of piperidine rings is 1. The van der Waals surface area contributed by atoms with Crippen molar-refractivity contribution < 1.29 is 9.53 Å². The molecule has 1 unspecified atom stereocenters. The van der Waals surface area contributed by atoms with E-state index >= 15 is 0 Å². The van der Waals surface area contributed by atoms with Crippen LogP contribution in [0, 0.1) is 0 Å². The Morgan fingerprint density at radius 2 is 2.05 bits per heavy atom. The molecule has 1 aliphatic heterocycles. The molecule has 1 aromatic carbocycles. The third-order valence-corrected chi connectivity index (χ3v) is 3.41. The van der Waals surface area contributed by atoms with Crippen LogP contribution >= 0.6 is 0 Å². The number of hydrogen-bond donors (Lipinski definition) is 2. The Bertz CT molecular complexity index is 497. The lowest BCUT2D eigenvalue weighted by Gasteiger charge is -2.37. The lowest BCUT2D eigenvalue weighted by Crippen LogP contribution is -2.49. The normalized spacial score (nSPS) is 19.2. The molecule has 0 bridgehead atoms. The van der Waals surface area contributed by atoms with Crippen molar-refractivity contribution in [3.05, 3.63) is 24.3 Å². The van der Waals surface area contributed by atoms with E-state index in [9.17, 15) is 4.79 Å². The van der Waals surface area contributed by atoms with Crippen LogP contribution in [-0.4, -0.2) is 29.3 Å². The molecule has 1 saturated heterocycles. The molecule has 1 fully saturated rings. The molecular weight excluding hydrogens is 266 g/mol. The lowest BCUT2D eigenvalue weighted by molar-refractivity contribution is 0.0130. The fraction of sp³-hybridized carbons (Fsp3) is 0.562. The molecule has 0 spiro atoms. The third-order valence-electron chi connectivity index (χ3n) is 3.41. The zero-order valence-electron chi connectivity index (χ0n) is 13.1.